The Labute approximate surface area is 141 Å². The Morgan fingerprint density at radius 3 is 2.39 bits per heavy atom. The average Bonchev–Trinajstić information content (AvgIpc) is 2.49. The van der Waals surface area contributed by atoms with E-state index in [0.29, 0.717) is 17.0 Å². The monoisotopic (exact) mass is 338 g/mol. The van der Waals surface area contributed by atoms with Crippen molar-refractivity contribution in [3.8, 4) is 0 Å². The molecule has 1 fully saturated rings. The summed E-state index contributed by atoms with van der Waals surface area (Å²) in [5.41, 5.74) is 7.31. The predicted molar refractivity (Wildman–Crippen MR) is 95.2 cm³/mol. The fourth-order valence-corrected chi connectivity index (χ4v) is 5.06. The molecule has 1 aliphatic carbocycles. The molecular weight excluding hydrogens is 308 g/mol. The molecule has 0 radical (unpaired) electrons. The fraction of sp³-hybridized carbons (Fsp3) is 0.667. The van der Waals surface area contributed by atoms with Gasteiger partial charge in [0, 0.05) is 18.1 Å². The highest BCUT2D eigenvalue weighted by Crippen LogP contribution is 2.30. The minimum Gasteiger partial charge on any atom is -0.327 e. The van der Waals surface area contributed by atoms with Crippen LogP contribution in [0.4, 0.5) is 0 Å². The van der Waals surface area contributed by atoms with Gasteiger partial charge < -0.3 is 10.6 Å². The Morgan fingerprint density at radius 2 is 1.83 bits per heavy atom. The normalized spacial score (nSPS) is 26.0. The summed E-state index contributed by atoms with van der Waals surface area (Å²) in [6.07, 6.45) is 2.81. The van der Waals surface area contributed by atoms with E-state index in [1.807, 2.05) is 19.1 Å². The molecule has 3 atom stereocenters. The number of nitrogens with two attached hydrogens (primary N) is 1. The summed E-state index contributed by atoms with van der Waals surface area (Å²) in [6, 6.07) is 7.98. The van der Waals surface area contributed by atoms with Gasteiger partial charge in [0.1, 0.15) is 0 Å². The van der Waals surface area contributed by atoms with Gasteiger partial charge in [-0.15, -0.1) is 0 Å². The number of sulfone groups is 1. The SMILES string of the molecule is Cc1ccc(S(=O)(=O)CC2CC(N(C)C(C)C)CCC2N)cc1. The Balaban J connectivity index is 2.11. The topological polar surface area (TPSA) is 63.4 Å². The second-order valence-electron chi connectivity index (χ2n) is 7.24. The van der Waals surface area contributed by atoms with Crippen molar-refractivity contribution >= 4 is 9.84 Å². The molecule has 0 amide bonds. The fourth-order valence-electron chi connectivity index (χ4n) is 3.37. The van der Waals surface area contributed by atoms with Crippen LogP contribution in [0.1, 0.15) is 38.7 Å². The molecule has 5 heteroatoms. The van der Waals surface area contributed by atoms with Crippen LogP contribution in [0.3, 0.4) is 0 Å². The largest absolute Gasteiger partial charge is 0.327 e. The molecule has 0 aromatic heterocycles. The summed E-state index contributed by atoms with van der Waals surface area (Å²) < 4.78 is 25.4. The molecule has 4 nitrogen and oxygen atoms in total. The van der Waals surface area contributed by atoms with Gasteiger partial charge in [-0.25, -0.2) is 8.42 Å². The molecule has 0 saturated heterocycles. The number of aryl methyl sites for hydroxylation is 1. The number of rotatable bonds is 5. The lowest BCUT2D eigenvalue weighted by Crippen LogP contribution is -2.48. The van der Waals surface area contributed by atoms with Crippen LogP contribution >= 0.6 is 0 Å². The highest BCUT2D eigenvalue weighted by Gasteiger charge is 2.34. The van der Waals surface area contributed by atoms with E-state index in [-0.39, 0.29) is 17.7 Å². The summed E-state index contributed by atoms with van der Waals surface area (Å²) in [5.74, 6) is 0.181. The smallest absolute Gasteiger partial charge is 0.178 e. The molecular formula is C18H30N2O2S. The minimum atomic E-state index is -3.28. The zero-order chi connectivity index (χ0) is 17.2. The van der Waals surface area contributed by atoms with E-state index in [9.17, 15) is 8.42 Å². The summed E-state index contributed by atoms with van der Waals surface area (Å²) in [4.78, 5) is 2.76. The van der Waals surface area contributed by atoms with Crippen LogP contribution in [0.15, 0.2) is 29.2 Å². The third-order valence-electron chi connectivity index (χ3n) is 5.22. The van der Waals surface area contributed by atoms with Gasteiger partial charge in [-0.3, -0.25) is 0 Å². The van der Waals surface area contributed by atoms with Crippen molar-refractivity contribution in [3.05, 3.63) is 29.8 Å². The van der Waals surface area contributed by atoms with Crippen LogP contribution in [0.2, 0.25) is 0 Å². The van der Waals surface area contributed by atoms with Crippen molar-refractivity contribution in [1.29, 1.82) is 0 Å². The molecule has 1 aromatic carbocycles. The van der Waals surface area contributed by atoms with Crippen LogP contribution in [0.25, 0.3) is 0 Å². The maximum Gasteiger partial charge on any atom is 0.178 e. The van der Waals surface area contributed by atoms with Gasteiger partial charge in [-0.05, 0) is 65.1 Å². The molecule has 0 spiro atoms. The van der Waals surface area contributed by atoms with Crippen LogP contribution in [0, 0.1) is 12.8 Å². The van der Waals surface area contributed by atoms with Gasteiger partial charge in [0.25, 0.3) is 0 Å². The van der Waals surface area contributed by atoms with Crippen LogP contribution in [0.5, 0.6) is 0 Å². The standard InChI is InChI=1S/C18H30N2O2S/c1-13(2)20(4)16-7-10-18(19)15(11-16)12-23(21,22)17-8-5-14(3)6-9-17/h5-6,8-9,13,15-16,18H,7,10-12,19H2,1-4H3. The van der Waals surface area contributed by atoms with Crippen molar-refractivity contribution < 1.29 is 8.42 Å². The van der Waals surface area contributed by atoms with E-state index in [2.05, 4.69) is 25.8 Å². The molecule has 0 aliphatic heterocycles. The van der Waals surface area contributed by atoms with Gasteiger partial charge in [-0.2, -0.15) is 0 Å². The van der Waals surface area contributed by atoms with Crippen LogP contribution in [-0.4, -0.2) is 44.2 Å². The lowest BCUT2D eigenvalue weighted by atomic mass is 9.82. The molecule has 2 rings (SSSR count). The molecule has 3 unspecified atom stereocenters. The van der Waals surface area contributed by atoms with Gasteiger partial charge in [-0.1, -0.05) is 17.7 Å². The second kappa shape index (κ2) is 7.32. The Hall–Kier alpha value is -0.910. The molecule has 0 heterocycles. The summed E-state index contributed by atoms with van der Waals surface area (Å²) >= 11 is 0. The van der Waals surface area contributed by atoms with Gasteiger partial charge in [0.05, 0.1) is 10.6 Å². The summed E-state index contributed by atoms with van der Waals surface area (Å²) in [7, 11) is -1.15. The van der Waals surface area contributed by atoms with E-state index in [4.69, 9.17) is 5.73 Å². The van der Waals surface area contributed by atoms with Gasteiger partial charge in [0.15, 0.2) is 9.84 Å². The van der Waals surface area contributed by atoms with E-state index in [1.165, 1.54) is 0 Å². The first-order chi connectivity index (χ1) is 10.7. The van der Waals surface area contributed by atoms with Gasteiger partial charge in [0.2, 0.25) is 0 Å². The summed E-state index contributed by atoms with van der Waals surface area (Å²) in [5, 5.41) is 0. The van der Waals surface area contributed by atoms with E-state index >= 15 is 0 Å². The molecule has 1 aliphatic rings. The lowest BCUT2D eigenvalue weighted by Gasteiger charge is -2.40. The van der Waals surface area contributed by atoms with Gasteiger partial charge >= 0.3 is 0 Å². The van der Waals surface area contributed by atoms with E-state index in [1.54, 1.807) is 12.1 Å². The van der Waals surface area contributed by atoms with Crippen LogP contribution in [-0.2, 0) is 9.84 Å². The number of hydrogen-bond donors (Lipinski definition) is 1. The number of hydrogen-bond acceptors (Lipinski definition) is 4. The predicted octanol–water partition coefficient (Wildman–Crippen LogP) is 2.60. The molecule has 23 heavy (non-hydrogen) atoms. The maximum absolute atomic E-state index is 12.7. The zero-order valence-electron chi connectivity index (χ0n) is 14.7. The number of benzene rings is 1. The van der Waals surface area contributed by atoms with Crippen molar-refractivity contribution in [2.75, 3.05) is 12.8 Å². The zero-order valence-corrected chi connectivity index (χ0v) is 15.5. The van der Waals surface area contributed by atoms with E-state index in [0.717, 1.165) is 24.8 Å². The average molecular weight is 339 g/mol. The maximum atomic E-state index is 12.7. The number of nitrogens with zero attached hydrogens (tertiary/aromatic N) is 1. The highest BCUT2D eigenvalue weighted by molar-refractivity contribution is 7.91. The third-order valence-corrected chi connectivity index (χ3v) is 7.08. The van der Waals surface area contributed by atoms with Crippen molar-refractivity contribution in [3.63, 3.8) is 0 Å². The third kappa shape index (κ3) is 4.55. The second-order valence-corrected chi connectivity index (χ2v) is 9.28. The van der Waals surface area contributed by atoms with E-state index < -0.39 is 9.84 Å². The van der Waals surface area contributed by atoms with Crippen molar-refractivity contribution in [1.82, 2.24) is 4.90 Å². The first-order valence-corrected chi connectivity index (χ1v) is 10.1. The van der Waals surface area contributed by atoms with Crippen molar-refractivity contribution in [2.24, 2.45) is 11.7 Å². The first kappa shape index (κ1) is 18.4. The molecule has 1 saturated carbocycles. The lowest BCUT2D eigenvalue weighted by molar-refractivity contribution is 0.124. The Bertz CT molecular complexity index is 610. The summed E-state index contributed by atoms with van der Waals surface area (Å²) in [6.45, 7) is 6.30. The molecule has 1 aromatic rings. The van der Waals surface area contributed by atoms with Crippen LogP contribution < -0.4 is 5.73 Å². The molecule has 2 N–H and O–H groups in total. The Morgan fingerprint density at radius 1 is 1.22 bits per heavy atom. The molecule has 130 valence electrons. The molecule has 0 bridgehead atoms. The highest BCUT2D eigenvalue weighted by atomic mass is 32.2. The quantitative estimate of drug-likeness (QED) is 0.896. The first-order valence-electron chi connectivity index (χ1n) is 8.47. The minimum absolute atomic E-state index is 0.0213. The Kier molecular flexibility index (Phi) is 5.87. The van der Waals surface area contributed by atoms with Crippen molar-refractivity contribution in [2.45, 2.75) is 63.1 Å².